The summed E-state index contributed by atoms with van der Waals surface area (Å²) in [5.74, 6) is 0.274. The van der Waals surface area contributed by atoms with Gasteiger partial charge in [0.15, 0.2) is 0 Å². The predicted octanol–water partition coefficient (Wildman–Crippen LogP) is 3.00. The van der Waals surface area contributed by atoms with Gasteiger partial charge in [0.1, 0.15) is 5.84 Å². The first-order valence-corrected chi connectivity index (χ1v) is 6.31. The number of benzene rings is 1. The van der Waals surface area contributed by atoms with E-state index in [4.69, 9.17) is 10.9 Å². The van der Waals surface area contributed by atoms with Crippen LogP contribution in [0.1, 0.15) is 24.0 Å². The Hall–Kier alpha value is -1.23. The Kier molecular flexibility index (Phi) is 5.28. The van der Waals surface area contributed by atoms with Crippen molar-refractivity contribution in [2.24, 2.45) is 10.9 Å². The van der Waals surface area contributed by atoms with E-state index in [1.54, 1.807) is 0 Å². The van der Waals surface area contributed by atoms with Crippen LogP contribution >= 0.6 is 15.9 Å². The molecule has 1 aromatic carbocycles. The third kappa shape index (κ3) is 4.26. The maximum Gasteiger partial charge on any atom is 0.139 e. The van der Waals surface area contributed by atoms with Crippen LogP contribution in [0, 0.1) is 13.8 Å². The van der Waals surface area contributed by atoms with Gasteiger partial charge in [-0.05, 0) is 43.5 Å². The van der Waals surface area contributed by atoms with E-state index in [1.165, 1.54) is 11.1 Å². The van der Waals surface area contributed by atoms with Gasteiger partial charge in [-0.1, -0.05) is 21.1 Å². The smallest absolute Gasteiger partial charge is 0.139 e. The lowest BCUT2D eigenvalue weighted by Gasteiger charge is -2.13. The summed E-state index contributed by atoms with van der Waals surface area (Å²) < 4.78 is 1.09. The van der Waals surface area contributed by atoms with Gasteiger partial charge in [0.2, 0.25) is 0 Å². The molecule has 0 aromatic heterocycles. The van der Waals surface area contributed by atoms with Crippen molar-refractivity contribution < 1.29 is 5.21 Å². The van der Waals surface area contributed by atoms with Crippen LogP contribution in [0.2, 0.25) is 0 Å². The zero-order chi connectivity index (χ0) is 12.8. The lowest BCUT2D eigenvalue weighted by Crippen LogP contribution is -2.14. The topological polar surface area (TPSA) is 70.6 Å². The molecule has 0 aliphatic carbocycles. The molecule has 0 radical (unpaired) electrons. The molecule has 17 heavy (non-hydrogen) atoms. The summed E-state index contributed by atoms with van der Waals surface area (Å²) in [6.07, 6.45) is 1.43. The highest BCUT2D eigenvalue weighted by molar-refractivity contribution is 9.10. The number of halogens is 1. The highest BCUT2D eigenvalue weighted by Crippen LogP contribution is 2.24. The normalized spacial score (nSPS) is 11.6. The van der Waals surface area contributed by atoms with Crippen LogP contribution < -0.4 is 11.1 Å². The molecule has 0 saturated heterocycles. The molecular weight excluding hydrogens is 282 g/mol. The molecule has 0 aliphatic heterocycles. The van der Waals surface area contributed by atoms with Gasteiger partial charge in [0, 0.05) is 23.1 Å². The summed E-state index contributed by atoms with van der Waals surface area (Å²) in [5.41, 5.74) is 8.98. The van der Waals surface area contributed by atoms with E-state index >= 15 is 0 Å². The maximum absolute atomic E-state index is 8.41. The predicted molar refractivity (Wildman–Crippen MR) is 74.7 cm³/mol. The van der Waals surface area contributed by atoms with E-state index in [9.17, 15) is 0 Å². The molecule has 0 atom stereocenters. The van der Waals surface area contributed by atoms with Crippen molar-refractivity contribution in [2.75, 3.05) is 11.9 Å². The first kappa shape index (κ1) is 13.8. The molecule has 1 rings (SSSR count). The number of hydrogen-bond acceptors (Lipinski definition) is 3. The molecule has 0 spiro atoms. The number of nitrogens with zero attached hydrogens (tertiary/aromatic N) is 1. The van der Waals surface area contributed by atoms with Gasteiger partial charge in [-0.15, -0.1) is 0 Å². The quantitative estimate of drug-likeness (QED) is 0.257. The third-order valence-corrected chi connectivity index (χ3v) is 3.00. The minimum absolute atomic E-state index is 0.274. The van der Waals surface area contributed by atoms with Gasteiger partial charge < -0.3 is 16.3 Å². The van der Waals surface area contributed by atoms with Crippen LogP contribution in [-0.2, 0) is 0 Å². The largest absolute Gasteiger partial charge is 0.409 e. The molecule has 0 fully saturated rings. The summed E-state index contributed by atoms with van der Waals surface area (Å²) in [4.78, 5) is 0. The van der Waals surface area contributed by atoms with Crippen molar-refractivity contribution in [3.8, 4) is 0 Å². The molecule has 5 heteroatoms. The maximum atomic E-state index is 8.41. The molecule has 0 aliphatic rings. The number of oxime groups is 1. The first-order chi connectivity index (χ1) is 8.04. The van der Waals surface area contributed by atoms with E-state index in [0.29, 0.717) is 6.42 Å². The highest BCUT2D eigenvalue weighted by Gasteiger charge is 2.03. The molecule has 1 aromatic rings. The minimum Gasteiger partial charge on any atom is -0.409 e. The third-order valence-electron chi connectivity index (χ3n) is 2.54. The van der Waals surface area contributed by atoms with Crippen LogP contribution in [0.4, 0.5) is 5.69 Å². The number of amidine groups is 1. The average Bonchev–Trinajstić information content (AvgIpc) is 2.26. The molecule has 0 saturated carbocycles. The number of rotatable bonds is 5. The zero-order valence-corrected chi connectivity index (χ0v) is 11.7. The van der Waals surface area contributed by atoms with Gasteiger partial charge in [0.05, 0.1) is 0 Å². The van der Waals surface area contributed by atoms with E-state index in [2.05, 4.69) is 52.4 Å². The lowest BCUT2D eigenvalue weighted by atomic mass is 10.1. The number of hydrogen-bond donors (Lipinski definition) is 3. The Bertz CT molecular complexity index is 395. The molecule has 4 N–H and O–H groups in total. The second-order valence-corrected chi connectivity index (χ2v) is 4.95. The van der Waals surface area contributed by atoms with Crippen molar-refractivity contribution >= 4 is 27.5 Å². The Labute approximate surface area is 110 Å². The van der Waals surface area contributed by atoms with Crippen LogP contribution in [0.3, 0.4) is 0 Å². The Morgan fingerprint density at radius 2 is 2.00 bits per heavy atom. The van der Waals surface area contributed by atoms with Crippen LogP contribution in [0.5, 0.6) is 0 Å². The Balaban J connectivity index is 2.52. The highest BCUT2D eigenvalue weighted by atomic mass is 79.9. The average molecular weight is 300 g/mol. The minimum atomic E-state index is 0.274. The monoisotopic (exact) mass is 299 g/mol. The summed E-state index contributed by atoms with van der Waals surface area (Å²) in [5, 5.41) is 14.7. The summed E-state index contributed by atoms with van der Waals surface area (Å²) >= 11 is 3.47. The Morgan fingerprint density at radius 1 is 1.41 bits per heavy atom. The van der Waals surface area contributed by atoms with Crippen LogP contribution in [0.25, 0.3) is 0 Å². The van der Waals surface area contributed by atoms with E-state index in [1.807, 2.05) is 0 Å². The SMILES string of the molecule is Cc1cc(Br)cc(C)c1NCCC/C(N)=N/O. The molecule has 0 amide bonds. The number of nitrogens with one attached hydrogen (secondary N) is 1. The molecule has 94 valence electrons. The number of nitrogens with two attached hydrogens (primary N) is 1. The van der Waals surface area contributed by atoms with E-state index in [-0.39, 0.29) is 5.84 Å². The number of aryl methyl sites for hydroxylation is 2. The van der Waals surface area contributed by atoms with Crippen molar-refractivity contribution in [3.63, 3.8) is 0 Å². The van der Waals surface area contributed by atoms with Gasteiger partial charge in [-0.2, -0.15) is 0 Å². The lowest BCUT2D eigenvalue weighted by molar-refractivity contribution is 0.316. The second kappa shape index (κ2) is 6.49. The van der Waals surface area contributed by atoms with Gasteiger partial charge in [0.25, 0.3) is 0 Å². The van der Waals surface area contributed by atoms with E-state index < -0.39 is 0 Å². The summed E-state index contributed by atoms with van der Waals surface area (Å²) in [7, 11) is 0. The Morgan fingerprint density at radius 3 is 2.53 bits per heavy atom. The fourth-order valence-corrected chi connectivity index (χ4v) is 2.41. The van der Waals surface area contributed by atoms with Crippen molar-refractivity contribution in [2.45, 2.75) is 26.7 Å². The van der Waals surface area contributed by atoms with Crippen molar-refractivity contribution in [1.29, 1.82) is 0 Å². The van der Waals surface area contributed by atoms with Crippen molar-refractivity contribution in [1.82, 2.24) is 0 Å². The second-order valence-electron chi connectivity index (χ2n) is 4.04. The molecule has 0 unspecified atom stereocenters. The number of anilines is 1. The fraction of sp³-hybridized carbons (Fsp3) is 0.417. The molecule has 0 bridgehead atoms. The van der Waals surface area contributed by atoms with Gasteiger partial charge in [-0.3, -0.25) is 0 Å². The van der Waals surface area contributed by atoms with Gasteiger partial charge in [-0.25, -0.2) is 0 Å². The summed E-state index contributed by atoms with van der Waals surface area (Å²) in [6.45, 7) is 4.95. The zero-order valence-electron chi connectivity index (χ0n) is 10.1. The fourth-order valence-electron chi connectivity index (χ4n) is 1.72. The van der Waals surface area contributed by atoms with Gasteiger partial charge >= 0.3 is 0 Å². The summed E-state index contributed by atoms with van der Waals surface area (Å²) in [6, 6.07) is 4.16. The van der Waals surface area contributed by atoms with Crippen LogP contribution in [-0.4, -0.2) is 17.6 Å². The first-order valence-electron chi connectivity index (χ1n) is 5.51. The standard InChI is InChI=1S/C12H18BrN3O/c1-8-6-10(13)7-9(2)12(8)15-5-3-4-11(14)16-17/h6-7,15,17H,3-5H2,1-2H3,(H2,14,16). The molecular formula is C12H18BrN3O. The molecule has 4 nitrogen and oxygen atoms in total. The van der Waals surface area contributed by atoms with Crippen LogP contribution in [0.15, 0.2) is 21.8 Å². The molecule has 0 heterocycles. The van der Waals surface area contributed by atoms with E-state index in [0.717, 1.165) is 23.1 Å². The van der Waals surface area contributed by atoms with Crippen molar-refractivity contribution in [3.05, 3.63) is 27.7 Å².